The molecule has 3 N–H and O–H groups in total. The van der Waals surface area contributed by atoms with E-state index in [9.17, 15) is 39.0 Å². The van der Waals surface area contributed by atoms with Gasteiger partial charge in [-0.1, -0.05) is 141 Å². The zero-order valence-electron chi connectivity index (χ0n) is 53.5. The van der Waals surface area contributed by atoms with Crippen LogP contribution in [0.2, 0.25) is 0 Å². The van der Waals surface area contributed by atoms with Gasteiger partial charge in [0.05, 0.1) is 55.7 Å². The Morgan fingerprint density at radius 1 is 0.705 bits per heavy atom. The molecule has 17 atom stereocenters. The molecule has 3 saturated heterocycles. The Morgan fingerprint density at radius 3 is 1.93 bits per heavy atom. The summed E-state index contributed by atoms with van der Waals surface area (Å²) in [6.45, 7) is 7.83. The molecule has 23 heteroatoms. The Hall–Kier alpha value is -8.52. The first kappa shape index (κ1) is 67.9. The molecule has 1 amide bonds. The maximum atomic E-state index is 16.0. The van der Waals surface area contributed by atoms with Gasteiger partial charge in [0.1, 0.15) is 48.3 Å². The van der Waals surface area contributed by atoms with Crippen LogP contribution in [0.4, 0.5) is 0 Å². The van der Waals surface area contributed by atoms with E-state index in [1.165, 1.54) is 59.1 Å². The molecule has 6 aliphatic rings. The molecule has 0 radical (unpaired) electrons. The summed E-state index contributed by atoms with van der Waals surface area (Å²) in [4.78, 5) is 117. The SMILES string of the molecule is CO[C@H]1O[C@@H]2CO[C@@H](c3ccccc3)O[C@H]2[C@H](OCc2ccccc2)[C@H]1OC(=O)CCC(=O)O[C@@H](C(=O)O[C@H]1C[C@@]2(O)[C@@H](OC(=O)c3ccccc3)[C@@H]3[C@]4(OC(C)=O)CO[C@@H]4C[C@H](O)[C@@]3(C)C(=O)[C@H](OC(C)=O)C(=C1C)C2(C)C)[C@@H](NC(=O)c1ccccc1)c1ccccc1. The van der Waals surface area contributed by atoms with Gasteiger partial charge in [-0.2, -0.15) is 0 Å². The van der Waals surface area contributed by atoms with Crippen molar-refractivity contribution in [3.05, 3.63) is 191 Å². The van der Waals surface area contributed by atoms with Crippen LogP contribution < -0.4 is 5.32 Å². The van der Waals surface area contributed by atoms with Crippen molar-refractivity contribution in [2.24, 2.45) is 16.7 Å². The number of benzene rings is 5. The van der Waals surface area contributed by atoms with E-state index in [0.29, 0.717) is 0 Å². The lowest BCUT2D eigenvalue weighted by molar-refractivity contribution is -0.364. The minimum atomic E-state index is -2.56. The Kier molecular flexibility index (Phi) is 20.0. The lowest BCUT2D eigenvalue weighted by Gasteiger charge is -2.67. The summed E-state index contributed by atoms with van der Waals surface area (Å²) in [5.41, 5.74) is -6.55. The zero-order chi connectivity index (χ0) is 67.6. The second-order valence-corrected chi connectivity index (χ2v) is 25.5. The lowest BCUT2D eigenvalue weighted by atomic mass is 9.44. The number of hydrogen-bond acceptors (Lipinski definition) is 22. The van der Waals surface area contributed by atoms with Crippen LogP contribution in [0.3, 0.4) is 0 Å². The fourth-order valence-corrected chi connectivity index (χ4v) is 14.5. The van der Waals surface area contributed by atoms with Gasteiger partial charge in [-0.3, -0.25) is 28.8 Å². The van der Waals surface area contributed by atoms with E-state index in [4.69, 9.17) is 56.8 Å². The molecular formula is C72H77NO22. The molecule has 3 aliphatic heterocycles. The van der Waals surface area contributed by atoms with Crippen molar-refractivity contribution in [3.63, 3.8) is 0 Å². The monoisotopic (exact) mass is 1310 g/mol. The van der Waals surface area contributed by atoms with Crippen molar-refractivity contribution in [3.8, 4) is 0 Å². The largest absolute Gasteiger partial charge is 0.455 e. The minimum Gasteiger partial charge on any atom is -0.455 e. The lowest BCUT2D eigenvalue weighted by Crippen LogP contribution is -2.82. The molecule has 3 aliphatic carbocycles. The van der Waals surface area contributed by atoms with E-state index >= 15 is 9.59 Å². The molecule has 11 rings (SSSR count). The van der Waals surface area contributed by atoms with Crippen molar-refractivity contribution < 1.29 is 105 Å². The van der Waals surface area contributed by atoms with Crippen LogP contribution in [0, 0.1) is 16.7 Å². The predicted octanol–water partition coefficient (Wildman–Crippen LogP) is 7.05. The van der Waals surface area contributed by atoms with E-state index in [1.807, 2.05) is 60.7 Å². The zero-order valence-corrected chi connectivity index (χ0v) is 53.5. The van der Waals surface area contributed by atoms with Crippen LogP contribution in [0.5, 0.6) is 0 Å². The number of esters is 6. The maximum Gasteiger partial charge on any atom is 0.350 e. The third-order valence-electron chi connectivity index (χ3n) is 19.4. The highest BCUT2D eigenvalue weighted by molar-refractivity contribution is 5.96. The molecule has 5 aromatic rings. The van der Waals surface area contributed by atoms with Gasteiger partial charge in [-0.05, 0) is 60.4 Å². The van der Waals surface area contributed by atoms with Crippen LogP contribution in [-0.4, -0.2) is 157 Å². The van der Waals surface area contributed by atoms with E-state index in [1.54, 1.807) is 66.7 Å². The van der Waals surface area contributed by atoms with Crippen LogP contribution in [-0.2, 0) is 92.2 Å². The van der Waals surface area contributed by atoms with E-state index in [-0.39, 0.29) is 54.1 Å². The molecule has 0 aromatic heterocycles. The summed E-state index contributed by atoms with van der Waals surface area (Å²) in [5, 5.41) is 29.4. The highest BCUT2D eigenvalue weighted by Gasteiger charge is 2.78. The quantitative estimate of drug-likeness (QED) is 0.0399. The molecule has 0 unspecified atom stereocenters. The van der Waals surface area contributed by atoms with Gasteiger partial charge >= 0.3 is 35.8 Å². The highest BCUT2D eigenvalue weighted by Crippen LogP contribution is 2.64. The van der Waals surface area contributed by atoms with Crippen molar-refractivity contribution in [2.75, 3.05) is 20.3 Å². The summed E-state index contributed by atoms with van der Waals surface area (Å²) in [6.07, 6.45) is -18.8. The van der Waals surface area contributed by atoms with Crippen LogP contribution in [0.1, 0.15) is 117 Å². The van der Waals surface area contributed by atoms with Gasteiger partial charge < -0.3 is 72.4 Å². The summed E-state index contributed by atoms with van der Waals surface area (Å²) in [6, 6.07) is 40.7. The topological polar surface area (TPSA) is 300 Å². The first-order chi connectivity index (χ1) is 45.5. The molecule has 502 valence electrons. The number of rotatable bonds is 20. The van der Waals surface area contributed by atoms with Crippen molar-refractivity contribution in [1.82, 2.24) is 5.32 Å². The van der Waals surface area contributed by atoms with E-state index in [2.05, 4.69) is 5.32 Å². The number of nitrogens with one attached hydrogen (secondary N) is 1. The normalized spacial score (nSPS) is 31.1. The van der Waals surface area contributed by atoms with Crippen LogP contribution >= 0.6 is 0 Å². The number of ketones is 1. The summed E-state index contributed by atoms with van der Waals surface area (Å²) >= 11 is 0. The number of carbonyl (C=O) groups excluding carboxylic acids is 8. The van der Waals surface area contributed by atoms with Crippen LogP contribution in [0.25, 0.3) is 0 Å². The van der Waals surface area contributed by atoms with E-state index < -0.39 is 174 Å². The third-order valence-corrected chi connectivity index (χ3v) is 19.4. The fourth-order valence-electron chi connectivity index (χ4n) is 14.5. The van der Waals surface area contributed by atoms with Gasteiger partial charge in [0, 0.05) is 50.3 Å². The molecule has 0 spiro atoms. The number of ether oxygens (including phenoxy) is 12. The smallest absolute Gasteiger partial charge is 0.350 e. The molecule has 95 heavy (non-hydrogen) atoms. The summed E-state index contributed by atoms with van der Waals surface area (Å²) < 4.78 is 74.7. The highest BCUT2D eigenvalue weighted by atomic mass is 16.8. The number of Topliss-reactive ketones (excluding diaryl/α,β-unsaturated/α-hetero) is 1. The first-order valence-corrected chi connectivity index (χ1v) is 31.6. The Balaban J connectivity index is 0.946. The second kappa shape index (κ2) is 28.0. The van der Waals surface area contributed by atoms with Gasteiger partial charge in [-0.15, -0.1) is 0 Å². The standard InChI is InChI=1S/C72H77NO22/c1-40-48(36-72(83)63(94-65(81)46-29-19-11-20-30-46)61-70(6,50(76)35-51-71(61,39-87-51)95-42(3)75)62(79)57(88-41(2)74)54(40)69(72,4)5)89-66(82)58(55(44-25-15-9-16-26-44)73-64(80)45-27-17-10-18-28-45)91-52(77)33-34-53(78)92-60-59(85-37-43-23-13-8-14-24-43)56-49(90-68(60)84-7)38-86-67(93-56)47-31-21-12-22-32-47/h8-32,48-51,55-61,63,67-68,76,83H,33-39H2,1-7H3,(H,73,80)/t48-,49+,50-,51+,55-,56+,57+,58+,59-,60+,61-,63-,67+,68-,70+,71-,72+/m0/s1. The van der Waals surface area contributed by atoms with Gasteiger partial charge in [0.2, 0.25) is 6.10 Å². The number of hydrogen-bond donors (Lipinski definition) is 3. The number of amides is 1. The molecule has 5 aromatic carbocycles. The van der Waals surface area contributed by atoms with Crippen LogP contribution in [0.15, 0.2) is 163 Å². The number of carbonyl (C=O) groups is 8. The van der Waals surface area contributed by atoms with Crippen molar-refractivity contribution >= 4 is 47.5 Å². The van der Waals surface area contributed by atoms with Gasteiger partial charge in [0.15, 0.2) is 36.2 Å². The fraction of sp³-hybridized carbons (Fsp3) is 0.444. The van der Waals surface area contributed by atoms with Crippen molar-refractivity contribution in [2.45, 2.75) is 165 Å². The third kappa shape index (κ3) is 13.3. The molecule has 3 heterocycles. The molecular weight excluding hydrogens is 1230 g/mol. The Labute approximate surface area is 548 Å². The summed E-state index contributed by atoms with van der Waals surface area (Å²) in [7, 11) is 1.36. The maximum absolute atomic E-state index is 16.0. The Bertz CT molecular complexity index is 3670. The average molecular weight is 1310 g/mol. The first-order valence-electron chi connectivity index (χ1n) is 31.6. The average Bonchev–Trinajstić information content (AvgIpc) is 0.669. The Morgan fingerprint density at radius 2 is 1.32 bits per heavy atom. The number of methoxy groups -OCH3 is 1. The number of aliphatic hydroxyl groups excluding tert-OH is 1. The number of fused-ring (bicyclic) bond motifs is 6. The summed E-state index contributed by atoms with van der Waals surface area (Å²) in [5.74, 6) is -9.55. The molecule has 5 fully saturated rings. The van der Waals surface area contributed by atoms with Crippen molar-refractivity contribution in [1.29, 1.82) is 0 Å². The minimum absolute atomic E-state index is 0.00779. The predicted molar refractivity (Wildman–Crippen MR) is 331 cm³/mol. The van der Waals surface area contributed by atoms with Gasteiger partial charge in [0.25, 0.3) is 5.91 Å². The van der Waals surface area contributed by atoms with E-state index in [0.717, 1.165) is 25.0 Å². The number of aliphatic hydroxyl groups is 2. The van der Waals surface area contributed by atoms with Gasteiger partial charge in [-0.25, -0.2) is 9.59 Å². The molecule has 2 saturated carbocycles. The molecule has 23 nitrogen and oxygen atoms in total. The molecule has 2 bridgehead atoms. The second-order valence-electron chi connectivity index (χ2n) is 25.5.